The summed E-state index contributed by atoms with van der Waals surface area (Å²) in [7, 11) is 0. The van der Waals surface area contributed by atoms with E-state index >= 15 is 0 Å². The molecule has 0 atom stereocenters. The van der Waals surface area contributed by atoms with Gasteiger partial charge in [0.2, 0.25) is 0 Å². The van der Waals surface area contributed by atoms with Crippen molar-refractivity contribution in [3.63, 3.8) is 0 Å². The van der Waals surface area contributed by atoms with E-state index in [2.05, 4.69) is 9.97 Å². The number of hydrogen-bond donors (Lipinski definition) is 3. The Kier molecular flexibility index (Phi) is 3.75. The summed E-state index contributed by atoms with van der Waals surface area (Å²) in [6, 6.07) is 1.40. The molecular formula is C11H17N3O3. The summed E-state index contributed by atoms with van der Waals surface area (Å²) in [5.74, 6) is 1.61. The van der Waals surface area contributed by atoms with E-state index < -0.39 is 0 Å². The zero-order valence-corrected chi connectivity index (χ0v) is 9.59. The number of aromatic nitrogens is 2. The van der Waals surface area contributed by atoms with Crippen molar-refractivity contribution in [2.45, 2.75) is 18.8 Å². The highest BCUT2D eigenvalue weighted by Crippen LogP contribution is 2.37. The Hall–Kier alpha value is -1.40. The summed E-state index contributed by atoms with van der Waals surface area (Å²) >= 11 is 0. The molecule has 1 aliphatic rings. The van der Waals surface area contributed by atoms with E-state index in [1.807, 2.05) is 0 Å². The van der Waals surface area contributed by atoms with Crippen molar-refractivity contribution >= 4 is 5.82 Å². The van der Waals surface area contributed by atoms with Gasteiger partial charge in [-0.2, -0.15) is 0 Å². The van der Waals surface area contributed by atoms with Crippen LogP contribution in [-0.4, -0.2) is 46.5 Å². The molecule has 1 heterocycles. The van der Waals surface area contributed by atoms with Crippen molar-refractivity contribution in [2.75, 3.05) is 31.2 Å². The van der Waals surface area contributed by atoms with Gasteiger partial charge >= 0.3 is 0 Å². The van der Waals surface area contributed by atoms with Gasteiger partial charge < -0.3 is 20.1 Å². The monoisotopic (exact) mass is 239 g/mol. The highest BCUT2D eigenvalue weighted by Gasteiger charge is 2.26. The highest BCUT2D eigenvalue weighted by atomic mass is 16.3. The topological polar surface area (TPSA) is 89.5 Å². The fraction of sp³-hybridized carbons (Fsp3) is 0.636. The summed E-state index contributed by atoms with van der Waals surface area (Å²) in [6.07, 6.45) is 2.12. The Morgan fingerprint density at radius 2 is 2.00 bits per heavy atom. The van der Waals surface area contributed by atoms with Crippen molar-refractivity contribution in [3.05, 3.63) is 22.2 Å². The van der Waals surface area contributed by atoms with E-state index in [9.17, 15) is 4.79 Å². The van der Waals surface area contributed by atoms with Crippen LogP contribution >= 0.6 is 0 Å². The van der Waals surface area contributed by atoms with E-state index in [0.29, 0.717) is 30.6 Å². The van der Waals surface area contributed by atoms with Crippen molar-refractivity contribution in [1.29, 1.82) is 0 Å². The van der Waals surface area contributed by atoms with E-state index in [4.69, 9.17) is 10.2 Å². The molecule has 1 saturated carbocycles. The molecule has 1 aromatic heterocycles. The Bertz CT molecular complexity index is 422. The Labute approximate surface area is 98.9 Å². The Morgan fingerprint density at radius 3 is 2.53 bits per heavy atom. The van der Waals surface area contributed by atoms with E-state index in [-0.39, 0.29) is 18.8 Å². The third-order valence-corrected chi connectivity index (χ3v) is 2.77. The molecule has 0 aromatic carbocycles. The Balaban J connectivity index is 2.24. The molecule has 6 nitrogen and oxygen atoms in total. The van der Waals surface area contributed by atoms with Gasteiger partial charge in [-0.05, 0) is 12.8 Å². The molecule has 6 heteroatoms. The molecule has 0 radical (unpaired) electrons. The summed E-state index contributed by atoms with van der Waals surface area (Å²) < 4.78 is 0. The summed E-state index contributed by atoms with van der Waals surface area (Å²) in [4.78, 5) is 20.3. The van der Waals surface area contributed by atoms with Crippen LogP contribution in [0.15, 0.2) is 10.9 Å². The number of nitrogens with one attached hydrogen (secondary N) is 1. The predicted molar refractivity (Wildman–Crippen MR) is 63.2 cm³/mol. The summed E-state index contributed by atoms with van der Waals surface area (Å²) in [6.45, 7) is 0.655. The second-order valence-electron chi connectivity index (χ2n) is 4.20. The largest absolute Gasteiger partial charge is 0.395 e. The molecule has 0 aliphatic heterocycles. The summed E-state index contributed by atoms with van der Waals surface area (Å²) in [5.41, 5.74) is -0.183. The maximum atomic E-state index is 11.5. The van der Waals surface area contributed by atoms with Gasteiger partial charge in [0.1, 0.15) is 11.6 Å². The average Bonchev–Trinajstić information content (AvgIpc) is 3.12. The normalized spacial score (nSPS) is 14.9. The highest BCUT2D eigenvalue weighted by molar-refractivity contribution is 5.38. The van der Waals surface area contributed by atoms with E-state index in [1.165, 1.54) is 6.07 Å². The van der Waals surface area contributed by atoms with Crippen LogP contribution in [-0.2, 0) is 0 Å². The minimum atomic E-state index is -0.183. The number of nitrogens with zero attached hydrogens (tertiary/aromatic N) is 2. The van der Waals surface area contributed by atoms with Crippen LogP contribution < -0.4 is 10.5 Å². The first-order valence-corrected chi connectivity index (χ1v) is 5.82. The fourth-order valence-electron chi connectivity index (χ4n) is 1.76. The van der Waals surface area contributed by atoms with Gasteiger partial charge in [0.25, 0.3) is 5.56 Å². The van der Waals surface area contributed by atoms with Crippen LogP contribution in [0.25, 0.3) is 0 Å². The van der Waals surface area contributed by atoms with Crippen LogP contribution in [0.5, 0.6) is 0 Å². The third-order valence-electron chi connectivity index (χ3n) is 2.77. The molecular weight excluding hydrogens is 222 g/mol. The molecule has 0 amide bonds. The van der Waals surface area contributed by atoms with Crippen LogP contribution in [0.2, 0.25) is 0 Å². The maximum absolute atomic E-state index is 11.5. The van der Waals surface area contributed by atoms with Crippen LogP contribution in [0, 0.1) is 0 Å². The second kappa shape index (κ2) is 5.29. The number of hydrogen-bond acceptors (Lipinski definition) is 5. The zero-order valence-electron chi connectivity index (χ0n) is 9.59. The molecule has 0 bridgehead atoms. The van der Waals surface area contributed by atoms with Gasteiger partial charge in [-0.1, -0.05) is 0 Å². The first-order chi connectivity index (χ1) is 8.24. The lowest BCUT2D eigenvalue weighted by atomic mass is 10.3. The van der Waals surface area contributed by atoms with Gasteiger partial charge in [-0.15, -0.1) is 0 Å². The van der Waals surface area contributed by atoms with Crippen molar-refractivity contribution in [2.24, 2.45) is 0 Å². The lowest BCUT2D eigenvalue weighted by Crippen LogP contribution is -2.32. The first kappa shape index (κ1) is 12.1. The van der Waals surface area contributed by atoms with Crippen LogP contribution in [0.4, 0.5) is 5.82 Å². The molecule has 17 heavy (non-hydrogen) atoms. The van der Waals surface area contributed by atoms with E-state index in [1.54, 1.807) is 4.90 Å². The lowest BCUT2D eigenvalue weighted by molar-refractivity contribution is 0.280. The Morgan fingerprint density at radius 1 is 1.35 bits per heavy atom. The molecule has 1 aromatic rings. The molecule has 1 aliphatic carbocycles. The minimum absolute atomic E-state index is 0.0345. The second-order valence-corrected chi connectivity index (χ2v) is 4.20. The van der Waals surface area contributed by atoms with Crippen molar-refractivity contribution < 1.29 is 10.2 Å². The third kappa shape index (κ3) is 3.04. The number of aliphatic hydroxyl groups is 2. The molecule has 3 N–H and O–H groups in total. The smallest absolute Gasteiger partial charge is 0.252 e. The summed E-state index contributed by atoms with van der Waals surface area (Å²) in [5, 5.41) is 17.9. The van der Waals surface area contributed by atoms with Gasteiger partial charge in [0.15, 0.2) is 0 Å². The molecule has 0 unspecified atom stereocenters. The molecule has 2 rings (SSSR count). The number of aliphatic hydroxyl groups excluding tert-OH is 2. The molecule has 94 valence electrons. The number of aromatic amines is 1. The van der Waals surface area contributed by atoms with Gasteiger partial charge in [0.05, 0.1) is 13.2 Å². The van der Waals surface area contributed by atoms with Crippen LogP contribution in [0.1, 0.15) is 24.6 Å². The number of anilines is 1. The van der Waals surface area contributed by atoms with E-state index in [0.717, 1.165) is 12.8 Å². The number of H-pyrrole nitrogens is 1. The molecule has 1 fully saturated rings. The average molecular weight is 239 g/mol. The lowest BCUT2D eigenvalue weighted by Gasteiger charge is -2.21. The minimum Gasteiger partial charge on any atom is -0.395 e. The van der Waals surface area contributed by atoms with Gasteiger partial charge in [-0.3, -0.25) is 4.79 Å². The van der Waals surface area contributed by atoms with Crippen LogP contribution in [0.3, 0.4) is 0 Å². The van der Waals surface area contributed by atoms with Gasteiger partial charge in [-0.25, -0.2) is 4.98 Å². The van der Waals surface area contributed by atoms with Crippen molar-refractivity contribution in [1.82, 2.24) is 9.97 Å². The molecule has 0 spiro atoms. The zero-order chi connectivity index (χ0) is 12.3. The predicted octanol–water partition coefficient (Wildman–Crippen LogP) is -0.562. The number of rotatable bonds is 6. The maximum Gasteiger partial charge on any atom is 0.252 e. The van der Waals surface area contributed by atoms with Gasteiger partial charge in [0, 0.05) is 25.1 Å². The van der Waals surface area contributed by atoms with Crippen molar-refractivity contribution in [3.8, 4) is 0 Å². The standard InChI is InChI=1S/C11H17N3O3/c15-5-3-14(4-6-16)9-7-10(17)13-11(12-9)8-1-2-8/h7-8,15-16H,1-6H2,(H,12,13,17). The first-order valence-electron chi connectivity index (χ1n) is 5.82. The SMILES string of the molecule is O=c1cc(N(CCO)CCO)nc(C2CC2)[nH]1. The molecule has 0 saturated heterocycles. The quantitative estimate of drug-likeness (QED) is 0.619. The fourth-order valence-corrected chi connectivity index (χ4v) is 1.76.